The summed E-state index contributed by atoms with van der Waals surface area (Å²) < 4.78 is 9.89. The van der Waals surface area contributed by atoms with Crippen molar-refractivity contribution in [2.45, 2.75) is 45.3 Å². The van der Waals surface area contributed by atoms with E-state index in [1.807, 2.05) is 6.92 Å². The number of carboxylic acids is 1. The minimum Gasteiger partial charge on any atom is -0.481 e. The molecule has 0 heterocycles. The quantitative estimate of drug-likeness (QED) is 0.510. The Labute approximate surface area is 151 Å². The number of halogens is 1. The first-order chi connectivity index (χ1) is 11.8. The number of carbonyl (C=O) groups excluding carboxylic acids is 2. The molecular formula is C17H22ClNO6. The van der Waals surface area contributed by atoms with Crippen molar-refractivity contribution in [1.29, 1.82) is 0 Å². The molecular weight excluding hydrogens is 350 g/mol. The first-order valence-electron chi connectivity index (χ1n) is 7.93. The van der Waals surface area contributed by atoms with Crippen LogP contribution < -0.4 is 5.32 Å². The Bertz CT molecular complexity index is 589. The van der Waals surface area contributed by atoms with Gasteiger partial charge in [-0.2, -0.15) is 0 Å². The van der Waals surface area contributed by atoms with Gasteiger partial charge in [0.1, 0.15) is 0 Å². The van der Waals surface area contributed by atoms with Crippen LogP contribution in [0, 0.1) is 0 Å². The van der Waals surface area contributed by atoms with E-state index >= 15 is 0 Å². The van der Waals surface area contributed by atoms with Gasteiger partial charge in [0.15, 0.2) is 0 Å². The summed E-state index contributed by atoms with van der Waals surface area (Å²) in [5.74, 6) is -2.32. The third-order valence-electron chi connectivity index (χ3n) is 3.33. The minimum absolute atomic E-state index is 0.0946. The normalized spacial score (nSPS) is 12.8. The van der Waals surface area contributed by atoms with Gasteiger partial charge in [-0.05, 0) is 30.5 Å². The maximum Gasteiger partial charge on any atom is 0.410 e. The second-order valence-electron chi connectivity index (χ2n) is 5.39. The fourth-order valence-corrected chi connectivity index (χ4v) is 2.30. The van der Waals surface area contributed by atoms with Crippen LogP contribution in [0.5, 0.6) is 0 Å². The molecule has 138 valence electrons. The number of carboxylic acid groups (broad SMARTS) is 1. The molecule has 2 unspecified atom stereocenters. The molecule has 8 heteroatoms. The Morgan fingerprint density at radius 1 is 1.16 bits per heavy atom. The summed E-state index contributed by atoms with van der Waals surface area (Å²) in [6, 6.07) is 6.50. The van der Waals surface area contributed by atoms with Crippen LogP contribution in [-0.2, 0) is 19.1 Å². The number of nitrogens with one attached hydrogen (secondary N) is 1. The molecule has 0 radical (unpaired) electrons. The van der Waals surface area contributed by atoms with E-state index in [1.165, 1.54) is 6.92 Å². The highest BCUT2D eigenvalue weighted by Crippen LogP contribution is 2.21. The number of hydrogen-bond donors (Lipinski definition) is 2. The molecule has 2 atom stereocenters. The van der Waals surface area contributed by atoms with E-state index in [0.29, 0.717) is 23.4 Å². The number of hydrogen-bond acceptors (Lipinski definition) is 5. The van der Waals surface area contributed by atoms with Gasteiger partial charge < -0.3 is 19.9 Å². The highest BCUT2D eigenvalue weighted by molar-refractivity contribution is 6.30. The smallest absolute Gasteiger partial charge is 0.410 e. The van der Waals surface area contributed by atoms with Crippen molar-refractivity contribution >= 4 is 29.6 Å². The van der Waals surface area contributed by atoms with Crippen LogP contribution in [-0.4, -0.2) is 36.0 Å². The van der Waals surface area contributed by atoms with Gasteiger partial charge in [0.2, 0.25) is 6.29 Å². The molecule has 0 aliphatic rings. The summed E-state index contributed by atoms with van der Waals surface area (Å²) in [6.45, 7) is 3.19. The zero-order chi connectivity index (χ0) is 18.8. The number of carbonyl (C=O) groups is 3. The Hall–Kier alpha value is -2.28. The van der Waals surface area contributed by atoms with Crippen molar-refractivity contribution in [3.8, 4) is 0 Å². The maximum absolute atomic E-state index is 11.8. The van der Waals surface area contributed by atoms with Gasteiger partial charge in [0.05, 0.1) is 5.92 Å². The molecule has 0 aliphatic carbocycles. The number of aliphatic carboxylic acids is 1. The van der Waals surface area contributed by atoms with E-state index in [0.717, 1.165) is 0 Å². The number of alkyl carbamates (subject to hydrolysis) is 1. The highest BCUT2D eigenvalue weighted by atomic mass is 35.5. The average molecular weight is 372 g/mol. The molecule has 1 rings (SSSR count). The summed E-state index contributed by atoms with van der Waals surface area (Å²) in [7, 11) is 0. The van der Waals surface area contributed by atoms with E-state index in [1.54, 1.807) is 24.3 Å². The van der Waals surface area contributed by atoms with Crippen molar-refractivity contribution in [3.05, 3.63) is 34.9 Å². The van der Waals surface area contributed by atoms with Crippen molar-refractivity contribution in [2.24, 2.45) is 0 Å². The van der Waals surface area contributed by atoms with Gasteiger partial charge in [-0.1, -0.05) is 30.7 Å². The first kappa shape index (κ1) is 20.8. The lowest BCUT2D eigenvalue weighted by molar-refractivity contribution is -0.166. The lowest BCUT2D eigenvalue weighted by atomic mass is 9.96. The summed E-state index contributed by atoms with van der Waals surface area (Å²) in [4.78, 5) is 34.1. The monoisotopic (exact) mass is 371 g/mol. The van der Waals surface area contributed by atoms with Crippen LogP contribution in [0.4, 0.5) is 4.79 Å². The lowest BCUT2D eigenvalue weighted by Crippen LogP contribution is -2.32. The van der Waals surface area contributed by atoms with Gasteiger partial charge in [0.25, 0.3) is 0 Å². The first-order valence-corrected chi connectivity index (χ1v) is 8.31. The molecule has 1 aromatic rings. The van der Waals surface area contributed by atoms with E-state index in [4.69, 9.17) is 21.1 Å². The van der Waals surface area contributed by atoms with Crippen LogP contribution in [0.2, 0.25) is 5.02 Å². The fraction of sp³-hybridized carbons (Fsp3) is 0.471. The zero-order valence-corrected chi connectivity index (χ0v) is 14.9. The second-order valence-corrected chi connectivity index (χ2v) is 5.83. The predicted molar refractivity (Wildman–Crippen MR) is 91.4 cm³/mol. The Balaban J connectivity index is 2.52. The van der Waals surface area contributed by atoms with E-state index in [2.05, 4.69) is 5.32 Å². The van der Waals surface area contributed by atoms with Gasteiger partial charge in [-0.25, -0.2) is 4.79 Å². The molecule has 0 aromatic heterocycles. The molecule has 2 N–H and O–H groups in total. The Morgan fingerprint density at radius 3 is 2.32 bits per heavy atom. The number of benzene rings is 1. The van der Waals surface area contributed by atoms with Gasteiger partial charge in [0, 0.05) is 24.9 Å². The van der Waals surface area contributed by atoms with Crippen LogP contribution in [0.15, 0.2) is 24.3 Å². The topological polar surface area (TPSA) is 102 Å². The fourth-order valence-electron chi connectivity index (χ4n) is 2.17. The lowest BCUT2D eigenvalue weighted by Gasteiger charge is -2.18. The molecule has 0 fully saturated rings. The number of esters is 1. The molecule has 0 aliphatic heterocycles. The van der Waals surface area contributed by atoms with E-state index in [9.17, 15) is 19.5 Å². The number of rotatable bonds is 9. The summed E-state index contributed by atoms with van der Waals surface area (Å²) in [5.41, 5.74) is 0.593. The largest absolute Gasteiger partial charge is 0.481 e. The van der Waals surface area contributed by atoms with E-state index in [-0.39, 0.29) is 13.0 Å². The molecule has 1 aromatic carbocycles. The van der Waals surface area contributed by atoms with Crippen LogP contribution in [0.25, 0.3) is 0 Å². The average Bonchev–Trinajstić information content (AvgIpc) is 2.52. The molecule has 0 saturated carbocycles. The van der Waals surface area contributed by atoms with Crippen molar-refractivity contribution in [1.82, 2.24) is 5.32 Å². The van der Waals surface area contributed by atoms with Crippen molar-refractivity contribution in [3.63, 3.8) is 0 Å². The number of amides is 1. The molecule has 0 saturated heterocycles. The van der Waals surface area contributed by atoms with Gasteiger partial charge >= 0.3 is 18.0 Å². The third kappa shape index (κ3) is 7.89. The molecule has 0 bridgehead atoms. The van der Waals surface area contributed by atoms with E-state index < -0.39 is 30.2 Å². The standard InChI is InChI=1S/C17H22ClNO6/c1-3-4-15(24-11(2)20)25-17(23)19-10-9-14(16(21)22)12-5-7-13(18)8-6-12/h5-8,14-15H,3-4,9-10H2,1-2H3,(H,19,23)(H,21,22). The van der Waals surface area contributed by atoms with Crippen LogP contribution in [0.1, 0.15) is 44.6 Å². The van der Waals surface area contributed by atoms with Crippen LogP contribution >= 0.6 is 11.6 Å². The minimum atomic E-state index is -0.999. The molecule has 7 nitrogen and oxygen atoms in total. The predicted octanol–water partition coefficient (Wildman–Crippen LogP) is 3.31. The zero-order valence-electron chi connectivity index (χ0n) is 14.2. The number of ether oxygens (including phenoxy) is 2. The Kier molecular flexibility index (Phi) is 8.77. The summed E-state index contributed by atoms with van der Waals surface area (Å²) >= 11 is 5.80. The van der Waals surface area contributed by atoms with Crippen molar-refractivity contribution < 1.29 is 29.0 Å². The molecule has 1 amide bonds. The summed E-state index contributed by atoms with van der Waals surface area (Å²) in [5, 5.41) is 12.3. The summed E-state index contributed by atoms with van der Waals surface area (Å²) in [6.07, 6.45) is -0.481. The van der Waals surface area contributed by atoms with Gasteiger partial charge in [-0.3, -0.25) is 9.59 Å². The second kappa shape index (κ2) is 10.6. The van der Waals surface area contributed by atoms with Crippen LogP contribution in [0.3, 0.4) is 0 Å². The Morgan fingerprint density at radius 2 is 1.80 bits per heavy atom. The van der Waals surface area contributed by atoms with Crippen molar-refractivity contribution in [2.75, 3.05) is 6.54 Å². The highest BCUT2D eigenvalue weighted by Gasteiger charge is 2.21. The SMILES string of the molecule is CCCC(OC(C)=O)OC(=O)NCCC(C(=O)O)c1ccc(Cl)cc1. The molecule has 25 heavy (non-hydrogen) atoms. The van der Waals surface area contributed by atoms with Gasteiger partial charge in [-0.15, -0.1) is 0 Å². The third-order valence-corrected chi connectivity index (χ3v) is 3.59. The maximum atomic E-state index is 11.8. The molecule has 0 spiro atoms.